The summed E-state index contributed by atoms with van der Waals surface area (Å²) in [5, 5.41) is 3.25. The van der Waals surface area contributed by atoms with Gasteiger partial charge in [-0.05, 0) is 43.9 Å². The summed E-state index contributed by atoms with van der Waals surface area (Å²) in [4.78, 5) is 14.4. The number of hydrogen-bond donors (Lipinski definition) is 1. The zero-order valence-corrected chi connectivity index (χ0v) is 15.0. The van der Waals surface area contributed by atoms with E-state index in [0.29, 0.717) is 0 Å². The first kappa shape index (κ1) is 16.3. The molecule has 4 fully saturated rings. The number of aromatic nitrogens is 2. The maximum atomic E-state index is 4.46. The van der Waals surface area contributed by atoms with Crippen molar-refractivity contribution in [2.45, 2.75) is 51.6 Å². The van der Waals surface area contributed by atoms with Gasteiger partial charge in [-0.15, -0.1) is 0 Å². The molecule has 1 saturated carbocycles. The second-order valence-corrected chi connectivity index (χ2v) is 8.03. The summed E-state index contributed by atoms with van der Waals surface area (Å²) < 4.78 is 0. The molecule has 0 unspecified atom stereocenters. The molecule has 4 aliphatic rings. The molecule has 0 spiro atoms. The molecule has 3 saturated heterocycles. The van der Waals surface area contributed by atoms with Crippen LogP contribution in [-0.2, 0) is 6.54 Å². The minimum Gasteiger partial charge on any atom is -0.354 e. The molecular formula is C19H31N5. The van der Waals surface area contributed by atoms with Gasteiger partial charge in [0, 0.05) is 63.3 Å². The minimum atomic E-state index is 0.757. The second-order valence-electron chi connectivity index (χ2n) is 8.03. The van der Waals surface area contributed by atoms with Crippen LogP contribution in [0.15, 0.2) is 12.4 Å². The zero-order valence-electron chi connectivity index (χ0n) is 15.0. The molecule has 0 aromatic carbocycles. The molecule has 1 aromatic heterocycles. The van der Waals surface area contributed by atoms with Crippen molar-refractivity contribution >= 4 is 5.95 Å². The molecule has 5 rings (SSSR count). The SMILES string of the molecule is CCCNc1ncc(CN2C[C@H]3CC[C@@H](C2)N(CC2CC2)C3)cn1. The number of anilines is 1. The summed E-state index contributed by atoms with van der Waals surface area (Å²) >= 11 is 0. The number of nitrogens with one attached hydrogen (secondary N) is 1. The topological polar surface area (TPSA) is 44.3 Å². The molecular weight excluding hydrogens is 298 g/mol. The van der Waals surface area contributed by atoms with E-state index in [9.17, 15) is 0 Å². The van der Waals surface area contributed by atoms with Gasteiger partial charge in [0.15, 0.2) is 0 Å². The van der Waals surface area contributed by atoms with Gasteiger partial charge >= 0.3 is 0 Å². The fraction of sp³-hybridized carbons (Fsp3) is 0.789. The zero-order chi connectivity index (χ0) is 16.4. The lowest BCUT2D eigenvalue weighted by molar-refractivity contribution is 0.125. The molecule has 1 N–H and O–H groups in total. The van der Waals surface area contributed by atoms with E-state index in [4.69, 9.17) is 0 Å². The molecule has 0 amide bonds. The Morgan fingerprint density at radius 3 is 2.67 bits per heavy atom. The highest BCUT2D eigenvalue weighted by Gasteiger charge is 2.37. The normalized spacial score (nSPS) is 28.0. The van der Waals surface area contributed by atoms with Crippen molar-refractivity contribution in [1.29, 1.82) is 0 Å². The predicted octanol–water partition coefficient (Wildman–Crippen LogP) is 2.60. The number of fused-ring (bicyclic) bond motifs is 4. The van der Waals surface area contributed by atoms with Crippen molar-refractivity contribution in [3.05, 3.63) is 18.0 Å². The maximum Gasteiger partial charge on any atom is 0.222 e. The van der Waals surface area contributed by atoms with Crippen molar-refractivity contribution in [2.24, 2.45) is 11.8 Å². The van der Waals surface area contributed by atoms with Crippen molar-refractivity contribution in [1.82, 2.24) is 19.8 Å². The first-order valence-electron chi connectivity index (χ1n) is 9.81. The van der Waals surface area contributed by atoms with Crippen LogP contribution in [0.25, 0.3) is 0 Å². The summed E-state index contributed by atoms with van der Waals surface area (Å²) in [6.45, 7) is 9.24. The van der Waals surface area contributed by atoms with Gasteiger partial charge in [0.2, 0.25) is 5.95 Å². The molecule has 3 aliphatic heterocycles. The lowest BCUT2D eigenvalue weighted by Crippen LogP contribution is -2.44. The third kappa shape index (κ3) is 4.06. The largest absolute Gasteiger partial charge is 0.354 e. The molecule has 5 nitrogen and oxygen atoms in total. The Morgan fingerprint density at radius 1 is 1.08 bits per heavy atom. The highest BCUT2D eigenvalue weighted by atomic mass is 15.3. The van der Waals surface area contributed by atoms with E-state index >= 15 is 0 Å². The highest BCUT2D eigenvalue weighted by Crippen LogP contribution is 2.35. The smallest absolute Gasteiger partial charge is 0.222 e. The molecule has 132 valence electrons. The quantitative estimate of drug-likeness (QED) is 0.833. The Kier molecular flexibility index (Phi) is 4.99. The van der Waals surface area contributed by atoms with Crippen LogP contribution in [0.3, 0.4) is 0 Å². The number of hydrogen-bond acceptors (Lipinski definition) is 5. The third-order valence-electron chi connectivity index (χ3n) is 5.74. The van der Waals surface area contributed by atoms with E-state index in [1.54, 1.807) is 0 Å². The Labute approximate surface area is 145 Å². The molecule has 1 aliphatic carbocycles. The lowest BCUT2D eigenvalue weighted by atomic mass is 9.95. The number of rotatable bonds is 7. The number of piperidine rings is 1. The first-order chi connectivity index (χ1) is 11.8. The Hall–Kier alpha value is -1.20. The summed E-state index contributed by atoms with van der Waals surface area (Å²) in [6, 6.07) is 0.774. The van der Waals surface area contributed by atoms with Gasteiger partial charge in [-0.1, -0.05) is 6.92 Å². The molecule has 2 atom stereocenters. The summed E-state index contributed by atoms with van der Waals surface area (Å²) in [7, 11) is 0. The number of nitrogens with zero attached hydrogens (tertiary/aromatic N) is 4. The van der Waals surface area contributed by atoms with Crippen molar-refractivity contribution in [3.8, 4) is 0 Å². The first-order valence-corrected chi connectivity index (χ1v) is 9.81. The van der Waals surface area contributed by atoms with E-state index < -0.39 is 0 Å². The van der Waals surface area contributed by atoms with E-state index in [1.165, 1.54) is 57.4 Å². The standard InChI is InChI=1S/C19H31N5/c1-2-7-20-19-21-8-17(9-22-19)11-23-10-16-5-6-18(14-23)24(13-16)12-15-3-4-15/h8-9,15-16,18H,2-7,10-14H2,1H3,(H,20,21,22)/t16-,18+/m1/s1. The fourth-order valence-electron chi connectivity index (χ4n) is 4.28. The third-order valence-corrected chi connectivity index (χ3v) is 5.74. The van der Waals surface area contributed by atoms with E-state index in [1.807, 2.05) is 12.4 Å². The van der Waals surface area contributed by atoms with Crippen molar-refractivity contribution < 1.29 is 0 Å². The van der Waals surface area contributed by atoms with Gasteiger partial charge in [-0.3, -0.25) is 9.80 Å². The highest BCUT2D eigenvalue weighted by molar-refractivity contribution is 5.24. The van der Waals surface area contributed by atoms with E-state index in [-0.39, 0.29) is 0 Å². The summed E-state index contributed by atoms with van der Waals surface area (Å²) in [5.41, 5.74) is 1.24. The van der Waals surface area contributed by atoms with Gasteiger partial charge in [0.1, 0.15) is 0 Å². The van der Waals surface area contributed by atoms with E-state index in [0.717, 1.165) is 43.3 Å². The lowest BCUT2D eigenvalue weighted by Gasteiger charge is -2.36. The van der Waals surface area contributed by atoms with Crippen LogP contribution < -0.4 is 5.32 Å². The molecule has 2 bridgehead atoms. The predicted molar refractivity (Wildman–Crippen MR) is 96.9 cm³/mol. The van der Waals surface area contributed by atoms with Crippen LogP contribution in [0.4, 0.5) is 5.95 Å². The van der Waals surface area contributed by atoms with Gasteiger partial charge < -0.3 is 5.32 Å². The van der Waals surface area contributed by atoms with Crippen LogP contribution in [0, 0.1) is 11.8 Å². The van der Waals surface area contributed by atoms with Crippen LogP contribution in [-0.4, -0.2) is 58.5 Å². The Bertz CT molecular complexity index is 527. The average molecular weight is 329 g/mol. The Morgan fingerprint density at radius 2 is 1.92 bits per heavy atom. The maximum absolute atomic E-state index is 4.46. The molecule has 1 aromatic rings. The van der Waals surface area contributed by atoms with Gasteiger partial charge in [-0.2, -0.15) is 0 Å². The van der Waals surface area contributed by atoms with Crippen molar-refractivity contribution in [3.63, 3.8) is 0 Å². The summed E-state index contributed by atoms with van der Waals surface area (Å²) in [6.07, 6.45) is 10.8. The van der Waals surface area contributed by atoms with Crippen molar-refractivity contribution in [2.75, 3.05) is 38.0 Å². The Balaban J connectivity index is 1.34. The monoisotopic (exact) mass is 329 g/mol. The van der Waals surface area contributed by atoms with Crippen LogP contribution >= 0.6 is 0 Å². The summed E-state index contributed by atoms with van der Waals surface area (Å²) in [5.74, 6) is 2.62. The van der Waals surface area contributed by atoms with Gasteiger partial charge in [0.25, 0.3) is 0 Å². The fourth-order valence-corrected chi connectivity index (χ4v) is 4.28. The van der Waals surface area contributed by atoms with Gasteiger partial charge in [0.05, 0.1) is 0 Å². The van der Waals surface area contributed by atoms with Crippen LogP contribution in [0.5, 0.6) is 0 Å². The minimum absolute atomic E-state index is 0.757. The molecule has 4 heterocycles. The van der Waals surface area contributed by atoms with Crippen LogP contribution in [0.2, 0.25) is 0 Å². The van der Waals surface area contributed by atoms with E-state index in [2.05, 4.69) is 32.0 Å². The van der Waals surface area contributed by atoms with Crippen LogP contribution in [0.1, 0.15) is 44.6 Å². The molecule has 24 heavy (non-hydrogen) atoms. The van der Waals surface area contributed by atoms with Gasteiger partial charge in [-0.25, -0.2) is 9.97 Å². The average Bonchev–Trinajstić information content (AvgIpc) is 3.42. The molecule has 0 radical (unpaired) electrons. The molecule has 5 heteroatoms. The second kappa shape index (κ2) is 7.36.